The molecule has 0 bridgehead atoms. The number of carbonyl (C=O) groups excluding carboxylic acids is 1. The molecule has 1 N–H and O–H groups in total. The Kier molecular flexibility index (Phi) is 5.12. The topological polar surface area (TPSA) is 37.3 Å². The van der Waals surface area contributed by atoms with Gasteiger partial charge in [-0.15, -0.1) is 0 Å². The van der Waals surface area contributed by atoms with Crippen molar-refractivity contribution in [2.24, 2.45) is 0 Å². The number of carbonyl (C=O) groups is 1. The molecule has 0 aliphatic carbocycles. The van der Waals surface area contributed by atoms with Crippen LogP contribution in [0.15, 0.2) is 0 Å². The van der Waals surface area contributed by atoms with E-state index in [9.17, 15) is 9.90 Å². The molecule has 2 nitrogen and oxygen atoms in total. The van der Waals surface area contributed by atoms with Crippen molar-refractivity contribution < 1.29 is 9.90 Å². The summed E-state index contributed by atoms with van der Waals surface area (Å²) >= 11 is 0. The summed E-state index contributed by atoms with van der Waals surface area (Å²) in [4.78, 5) is 10.1. The summed E-state index contributed by atoms with van der Waals surface area (Å²) in [5.74, 6) is 0. The number of aliphatic hydroxyl groups is 1. The van der Waals surface area contributed by atoms with Gasteiger partial charge in [-0.1, -0.05) is 26.2 Å². The average molecular weight is 158 g/mol. The standard InChI is InChI=1S/C9H18O2/c1-3-4-5-6-9(2,11)7-8-10/h8,11H,3-7H2,1-2H3. The molecule has 0 aliphatic heterocycles. The molecule has 0 radical (unpaired) electrons. The molecule has 0 spiro atoms. The van der Waals surface area contributed by atoms with Gasteiger partial charge < -0.3 is 9.90 Å². The smallest absolute Gasteiger partial charge is 0.122 e. The molecule has 66 valence electrons. The molecule has 0 aromatic carbocycles. The van der Waals surface area contributed by atoms with Crippen LogP contribution in [0, 0.1) is 0 Å². The maximum absolute atomic E-state index is 10.1. The van der Waals surface area contributed by atoms with Crippen molar-refractivity contribution in [2.45, 2.75) is 51.6 Å². The van der Waals surface area contributed by atoms with Gasteiger partial charge in [0.1, 0.15) is 6.29 Å². The van der Waals surface area contributed by atoms with E-state index in [2.05, 4.69) is 6.92 Å². The number of unbranched alkanes of at least 4 members (excludes halogenated alkanes) is 2. The van der Waals surface area contributed by atoms with Gasteiger partial charge in [-0.2, -0.15) is 0 Å². The van der Waals surface area contributed by atoms with E-state index in [1.54, 1.807) is 6.92 Å². The Morgan fingerprint density at radius 3 is 2.55 bits per heavy atom. The third-order valence-electron chi connectivity index (χ3n) is 1.84. The molecule has 0 aromatic heterocycles. The first-order valence-electron chi connectivity index (χ1n) is 4.28. The van der Waals surface area contributed by atoms with Crippen LogP contribution >= 0.6 is 0 Å². The lowest BCUT2D eigenvalue weighted by Gasteiger charge is -2.19. The van der Waals surface area contributed by atoms with Gasteiger partial charge in [0.05, 0.1) is 5.60 Å². The van der Waals surface area contributed by atoms with Gasteiger partial charge in [0.25, 0.3) is 0 Å². The third kappa shape index (κ3) is 6.05. The minimum Gasteiger partial charge on any atom is -0.390 e. The van der Waals surface area contributed by atoms with Crippen molar-refractivity contribution in [3.05, 3.63) is 0 Å². The Hall–Kier alpha value is -0.370. The second-order valence-corrected chi connectivity index (χ2v) is 3.32. The van der Waals surface area contributed by atoms with Gasteiger partial charge in [0.2, 0.25) is 0 Å². The van der Waals surface area contributed by atoms with E-state index in [0.29, 0.717) is 0 Å². The second kappa shape index (κ2) is 5.30. The van der Waals surface area contributed by atoms with Gasteiger partial charge >= 0.3 is 0 Å². The van der Waals surface area contributed by atoms with Crippen LogP contribution in [0.3, 0.4) is 0 Å². The van der Waals surface area contributed by atoms with Crippen molar-refractivity contribution in [3.8, 4) is 0 Å². The lowest BCUT2D eigenvalue weighted by atomic mass is 9.96. The van der Waals surface area contributed by atoms with Crippen LogP contribution in [0.5, 0.6) is 0 Å². The summed E-state index contributed by atoms with van der Waals surface area (Å²) < 4.78 is 0. The quantitative estimate of drug-likeness (QED) is 0.473. The van der Waals surface area contributed by atoms with E-state index in [1.807, 2.05) is 0 Å². The normalized spacial score (nSPS) is 15.9. The fourth-order valence-corrected chi connectivity index (χ4v) is 1.04. The van der Waals surface area contributed by atoms with Crippen LogP contribution in [-0.4, -0.2) is 17.0 Å². The number of hydrogen-bond donors (Lipinski definition) is 1. The Morgan fingerprint density at radius 2 is 2.09 bits per heavy atom. The van der Waals surface area contributed by atoms with Crippen LogP contribution in [0.2, 0.25) is 0 Å². The zero-order valence-electron chi connectivity index (χ0n) is 7.47. The van der Waals surface area contributed by atoms with E-state index in [0.717, 1.165) is 32.0 Å². The Morgan fingerprint density at radius 1 is 1.45 bits per heavy atom. The van der Waals surface area contributed by atoms with E-state index >= 15 is 0 Å². The maximum Gasteiger partial charge on any atom is 0.122 e. The maximum atomic E-state index is 10.1. The first-order valence-corrected chi connectivity index (χ1v) is 4.28. The minimum atomic E-state index is -0.767. The molecule has 0 saturated carbocycles. The van der Waals surface area contributed by atoms with E-state index in [1.165, 1.54) is 0 Å². The van der Waals surface area contributed by atoms with Crippen molar-refractivity contribution in [1.29, 1.82) is 0 Å². The minimum absolute atomic E-state index is 0.261. The van der Waals surface area contributed by atoms with Gasteiger partial charge in [-0.3, -0.25) is 0 Å². The molecule has 0 aliphatic rings. The summed E-state index contributed by atoms with van der Waals surface area (Å²) in [7, 11) is 0. The molecular weight excluding hydrogens is 140 g/mol. The molecule has 1 unspecified atom stereocenters. The third-order valence-corrected chi connectivity index (χ3v) is 1.84. The fraction of sp³-hybridized carbons (Fsp3) is 0.889. The molecule has 0 aromatic rings. The Bertz CT molecular complexity index is 108. The molecule has 11 heavy (non-hydrogen) atoms. The fourth-order valence-electron chi connectivity index (χ4n) is 1.04. The summed E-state index contributed by atoms with van der Waals surface area (Å²) in [5.41, 5.74) is -0.767. The van der Waals surface area contributed by atoms with Crippen molar-refractivity contribution in [3.63, 3.8) is 0 Å². The van der Waals surface area contributed by atoms with Crippen molar-refractivity contribution in [2.75, 3.05) is 0 Å². The molecule has 2 heteroatoms. The number of rotatable bonds is 6. The van der Waals surface area contributed by atoms with Crippen LogP contribution in [-0.2, 0) is 4.79 Å². The molecular formula is C9H18O2. The largest absolute Gasteiger partial charge is 0.390 e. The monoisotopic (exact) mass is 158 g/mol. The Balaban J connectivity index is 3.45. The SMILES string of the molecule is CCCCCC(C)(O)CC=O. The highest BCUT2D eigenvalue weighted by Gasteiger charge is 2.18. The predicted octanol–water partition coefficient (Wildman–Crippen LogP) is 1.91. The van der Waals surface area contributed by atoms with E-state index < -0.39 is 5.60 Å². The highest BCUT2D eigenvalue weighted by Crippen LogP contribution is 2.16. The predicted molar refractivity (Wildman–Crippen MR) is 45.4 cm³/mol. The summed E-state index contributed by atoms with van der Waals surface area (Å²) in [5, 5.41) is 9.51. The van der Waals surface area contributed by atoms with Crippen LogP contribution < -0.4 is 0 Å². The van der Waals surface area contributed by atoms with E-state index in [-0.39, 0.29) is 6.42 Å². The van der Waals surface area contributed by atoms with Crippen LogP contribution in [0.1, 0.15) is 46.0 Å². The zero-order chi connectivity index (χ0) is 8.74. The Labute approximate surface area is 68.6 Å². The molecule has 1 atom stereocenters. The average Bonchev–Trinajstić information content (AvgIpc) is 1.87. The van der Waals surface area contributed by atoms with E-state index in [4.69, 9.17) is 0 Å². The zero-order valence-corrected chi connectivity index (χ0v) is 7.47. The second-order valence-electron chi connectivity index (χ2n) is 3.32. The van der Waals surface area contributed by atoms with Gasteiger partial charge in [0, 0.05) is 6.42 Å². The number of hydrogen-bond acceptors (Lipinski definition) is 2. The molecule has 0 saturated heterocycles. The van der Waals surface area contributed by atoms with Gasteiger partial charge in [-0.25, -0.2) is 0 Å². The first-order chi connectivity index (χ1) is 5.12. The van der Waals surface area contributed by atoms with Crippen molar-refractivity contribution in [1.82, 2.24) is 0 Å². The van der Waals surface area contributed by atoms with Gasteiger partial charge in [0.15, 0.2) is 0 Å². The lowest BCUT2D eigenvalue weighted by molar-refractivity contribution is -0.112. The summed E-state index contributed by atoms with van der Waals surface area (Å²) in [6.07, 6.45) is 5.08. The van der Waals surface area contributed by atoms with Crippen LogP contribution in [0.25, 0.3) is 0 Å². The highest BCUT2D eigenvalue weighted by atomic mass is 16.3. The summed E-state index contributed by atoms with van der Waals surface area (Å²) in [6, 6.07) is 0. The molecule has 0 amide bonds. The lowest BCUT2D eigenvalue weighted by Crippen LogP contribution is -2.24. The number of aldehydes is 1. The highest BCUT2D eigenvalue weighted by molar-refractivity contribution is 5.51. The molecule has 0 fully saturated rings. The first kappa shape index (κ1) is 10.6. The summed E-state index contributed by atoms with van der Waals surface area (Å²) in [6.45, 7) is 3.84. The van der Waals surface area contributed by atoms with Crippen LogP contribution in [0.4, 0.5) is 0 Å². The molecule has 0 rings (SSSR count). The van der Waals surface area contributed by atoms with Gasteiger partial charge in [-0.05, 0) is 13.3 Å². The molecule has 0 heterocycles. The van der Waals surface area contributed by atoms with Crippen molar-refractivity contribution >= 4 is 6.29 Å².